The number of hydrogen-bond donors (Lipinski definition) is 1. The van der Waals surface area contributed by atoms with Gasteiger partial charge in [-0.05, 0) is 38.0 Å². The first-order chi connectivity index (χ1) is 14.3. The molecule has 0 fully saturated rings. The lowest BCUT2D eigenvalue weighted by atomic mass is 9.90. The van der Waals surface area contributed by atoms with Gasteiger partial charge in [0.1, 0.15) is 5.75 Å². The normalized spacial score (nSPS) is 13.3. The van der Waals surface area contributed by atoms with Gasteiger partial charge in [-0.2, -0.15) is 36.6 Å². The van der Waals surface area contributed by atoms with E-state index in [0.717, 1.165) is 13.0 Å². The topological polar surface area (TPSA) is 81.4 Å². The summed E-state index contributed by atoms with van der Waals surface area (Å²) in [7, 11) is 0. The largest absolute Gasteiger partial charge is 0.434 e. The van der Waals surface area contributed by atoms with E-state index in [1.807, 2.05) is 6.92 Å². The summed E-state index contributed by atoms with van der Waals surface area (Å²) < 4.78 is 70.2. The van der Waals surface area contributed by atoms with Gasteiger partial charge in [0.15, 0.2) is 0 Å². The SMILES string of the molecule is CCc1nn(CC)c(-c2ccc(C(C)(O)CC(F)(F)F)cc2OC(F)F)c1Cl.O=C=O. The summed E-state index contributed by atoms with van der Waals surface area (Å²) in [6.45, 7) is 1.73. The Kier molecular flexibility index (Phi) is 9.16. The van der Waals surface area contributed by atoms with Gasteiger partial charge in [-0.3, -0.25) is 4.68 Å². The van der Waals surface area contributed by atoms with Gasteiger partial charge in [-0.25, -0.2) is 0 Å². The second kappa shape index (κ2) is 10.7. The molecular weight excluding hydrogens is 451 g/mol. The Balaban J connectivity index is 0.00000151. The van der Waals surface area contributed by atoms with E-state index in [4.69, 9.17) is 21.2 Å². The van der Waals surface area contributed by atoms with Crippen molar-refractivity contribution < 1.29 is 41.4 Å². The van der Waals surface area contributed by atoms with Gasteiger partial charge < -0.3 is 9.84 Å². The summed E-state index contributed by atoms with van der Waals surface area (Å²) in [6, 6.07) is 3.50. The van der Waals surface area contributed by atoms with Crippen LogP contribution < -0.4 is 4.74 Å². The van der Waals surface area contributed by atoms with Crippen LogP contribution in [0.15, 0.2) is 18.2 Å². The van der Waals surface area contributed by atoms with Crippen LogP contribution >= 0.6 is 11.6 Å². The predicted octanol–water partition coefficient (Wildman–Crippen LogP) is 4.96. The first-order valence-corrected chi connectivity index (χ1v) is 9.32. The fourth-order valence-corrected chi connectivity index (χ4v) is 3.31. The highest BCUT2D eigenvalue weighted by Crippen LogP contribution is 2.41. The summed E-state index contributed by atoms with van der Waals surface area (Å²) in [5.74, 6) is -0.394. The number of benzene rings is 1. The van der Waals surface area contributed by atoms with Gasteiger partial charge in [0.25, 0.3) is 0 Å². The molecule has 1 aromatic heterocycles. The molecule has 1 unspecified atom stereocenters. The van der Waals surface area contributed by atoms with Crippen LogP contribution in [0.1, 0.15) is 38.4 Å². The molecular formula is C19H20ClF5N2O4. The number of nitrogens with zero attached hydrogens (tertiary/aromatic N) is 2. The third-order valence-electron chi connectivity index (χ3n) is 4.21. The fraction of sp³-hybridized carbons (Fsp3) is 0.474. The first kappa shape index (κ1) is 26.5. The van der Waals surface area contributed by atoms with Crippen molar-refractivity contribution in [1.82, 2.24) is 9.78 Å². The van der Waals surface area contributed by atoms with Gasteiger partial charge in [0.2, 0.25) is 0 Å². The highest BCUT2D eigenvalue weighted by molar-refractivity contribution is 6.33. The van der Waals surface area contributed by atoms with E-state index in [9.17, 15) is 27.1 Å². The Morgan fingerprint density at radius 3 is 2.29 bits per heavy atom. The van der Waals surface area contributed by atoms with Crippen molar-refractivity contribution in [3.05, 3.63) is 34.5 Å². The molecule has 0 aliphatic rings. The van der Waals surface area contributed by atoms with Crippen molar-refractivity contribution in [3.63, 3.8) is 0 Å². The molecule has 1 atom stereocenters. The van der Waals surface area contributed by atoms with Gasteiger partial charge in [-0.1, -0.05) is 24.6 Å². The number of aliphatic hydroxyl groups is 1. The Bertz CT molecular complexity index is 923. The molecule has 1 N–H and O–H groups in total. The molecule has 172 valence electrons. The van der Waals surface area contributed by atoms with Gasteiger partial charge >= 0.3 is 18.9 Å². The number of rotatable bonds is 7. The molecule has 1 heterocycles. The van der Waals surface area contributed by atoms with Crippen LogP contribution in [0.25, 0.3) is 11.3 Å². The lowest BCUT2D eigenvalue weighted by Crippen LogP contribution is -2.29. The van der Waals surface area contributed by atoms with E-state index in [1.54, 1.807) is 6.92 Å². The van der Waals surface area contributed by atoms with E-state index < -0.39 is 30.6 Å². The van der Waals surface area contributed by atoms with E-state index in [-0.39, 0.29) is 22.3 Å². The smallest absolute Gasteiger partial charge is 0.392 e. The fourth-order valence-electron chi connectivity index (χ4n) is 2.94. The minimum absolute atomic E-state index is 0.144. The zero-order valence-corrected chi connectivity index (χ0v) is 17.5. The molecule has 12 heteroatoms. The van der Waals surface area contributed by atoms with E-state index in [2.05, 4.69) is 9.84 Å². The zero-order chi connectivity index (χ0) is 24.0. The zero-order valence-electron chi connectivity index (χ0n) is 16.8. The number of carbonyl (C=O) groups excluding carboxylic acids is 2. The van der Waals surface area contributed by atoms with Crippen LogP contribution in [0.2, 0.25) is 5.02 Å². The van der Waals surface area contributed by atoms with Crippen LogP contribution in [-0.4, -0.2) is 33.8 Å². The van der Waals surface area contributed by atoms with Crippen molar-refractivity contribution >= 4 is 17.8 Å². The Morgan fingerprint density at radius 2 is 1.84 bits per heavy atom. The maximum Gasteiger partial charge on any atom is 0.392 e. The van der Waals surface area contributed by atoms with Crippen molar-refractivity contribution in [2.45, 2.75) is 58.5 Å². The number of hydrogen-bond acceptors (Lipinski definition) is 5. The van der Waals surface area contributed by atoms with Crippen molar-refractivity contribution in [2.24, 2.45) is 0 Å². The van der Waals surface area contributed by atoms with Crippen LogP contribution in [0.3, 0.4) is 0 Å². The number of alkyl halides is 5. The quantitative estimate of drug-likeness (QED) is 0.578. The van der Waals surface area contributed by atoms with E-state index in [1.165, 1.54) is 16.8 Å². The van der Waals surface area contributed by atoms with Crippen molar-refractivity contribution in [2.75, 3.05) is 0 Å². The summed E-state index contributed by atoms with van der Waals surface area (Å²) >= 11 is 6.34. The molecule has 0 aliphatic carbocycles. The number of aromatic nitrogens is 2. The molecule has 0 spiro atoms. The standard InChI is InChI=1S/C18H20ClF5N2O2.CO2/c1-4-12-14(19)15(26(5-2)25-12)11-7-6-10(8-13(11)28-16(20)21)17(3,27)9-18(22,23)24;2-1-3/h6-8,16,27H,4-5,9H2,1-3H3;. The van der Waals surface area contributed by atoms with Crippen molar-refractivity contribution in [3.8, 4) is 17.0 Å². The minimum atomic E-state index is -4.65. The molecule has 31 heavy (non-hydrogen) atoms. The summed E-state index contributed by atoms with van der Waals surface area (Å²) in [5, 5.41) is 14.8. The molecule has 0 bridgehead atoms. The second-order valence-corrected chi connectivity index (χ2v) is 6.90. The molecule has 0 radical (unpaired) electrons. The van der Waals surface area contributed by atoms with Crippen molar-refractivity contribution in [1.29, 1.82) is 0 Å². The number of halogens is 6. The summed E-state index contributed by atoms with van der Waals surface area (Å²) in [6.07, 6.45) is -5.44. The predicted molar refractivity (Wildman–Crippen MR) is 99.6 cm³/mol. The highest BCUT2D eigenvalue weighted by Gasteiger charge is 2.39. The second-order valence-electron chi connectivity index (χ2n) is 6.52. The van der Waals surface area contributed by atoms with Gasteiger partial charge in [-0.15, -0.1) is 0 Å². The number of aryl methyl sites for hydroxylation is 2. The third kappa shape index (κ3) is 7.02. The maximum atomic E-state index is 12.9. The van der Waals surface area contributed by atoms with E-state index in [0.29, 0.717) is 24.4 Å². The monoisotopic (exact) mass is 470 g/mol. The average molecular weight is 471 g/mol. The lowest BCUT2D eigenvalue weighted by Gasteiger charge is -2.26. The van der Waals surface area contributed by atoms with Gasteiger partial charge in [0.05, 0.1) is 28.4 Å². The third-order valence-corrected chi connectivity index (χ3v) is 4.61. The number of ether oxygens (including phenoxy) is 1. The Morgan fingerprint density at radius 1 is 1.26 bits per heavy atom. The van der Waals surface area contributed by atoms with Crippen LogP contribution in [0.4, 0.5) is 22.0 Å². The molecule has 0 saturated heterocycles. The molecule has 1 aromatic carbocycles. The molecule has 0 aliphatic heterocycles. The lowest BCUT2D eigenvalue weighted by molar-refractivity contribution is -0.191. The Hall–Kier alpha value is -2.49. The molecule has 6 nitrogen and oxygen atoms in total. The molecule has 2 aromatic rings. The highest BCUT2D eigenvalue weighted by atomic mass is 35.5. The summed E-state index contributed by atoms with van der Waals surface area (Å²) in [5.41, 5.74) is -1.52. The Labute approximate surface area is 179 Å². The van der Waals surface area contributed by atoms with Crippen LogP contribution in [-0.2, 0) is 28.2 Å². The molecule has 2 rings (SSSR count). The van der Waals surface area contributed by atoms with E-state index >= 15 is 0 Å². The minimum Gasteiger partial charge on any atom is -0.434 e. The van der Waals surface area contributed by atoms with Gasteiger partial charge in [0, 0.05) is 12.1 Å². The van der Waals surface area contributed by atoms with Crippen LogP contribution in [0.5, 0.6) is 5.75 Å². The first-order valence-electron chi connectivity index (χ1n) is 8.94. The molecule has 0 saturated carbocycles. The average Bonchev–Trinajstić information content (AvgIpc) is 2.95. The summed E-state index contributed by atoms with van der Waals surface area (Å²) in [4.78, 5) is 16.2. The van der Waals surface area contributed by atoms with Crippen LogP contribution in [0, 0.1) is 0 Å². The molecule has 0 amide bonds. The maximum absolute atomic E-state index is 12.9.